The number of rotatable bonds is 6. The van der Waals surface area contributed by atoms with E-state index < -0.39 is 0 Å². The number of hydrogen-bond donors (Lipinski definition) is 1. The predicted molar refractivity (Wildman–Crippen MR) is 106 cm³/mol. The molecule has 0 radical (unpaired) electrons. The molecule has 0 aromatic carbocycles. The van der Waals surface area contributed by atoms with Gasteiger partial charge in [-0.1, -0.05) is 6.92 Å². The molecular formula is C20H30N6O. The maximum atomic E-state index is 9.11. The molecule has 2 aromatic heterocycles. The number of aryl methyl sites for hydroxylation is 1. The minimum Gasteiger partial charge on any atom is -0.394 e. The van der Waals surface area contributed by atoms with Crippen LogP contribution in [0.1, 0.15) is 49.9 Å². The van der Waals surface area contributed by atoms with Crippen molar-refractivity contribution in [3.63, 3.8) is 0 Å². The zero-order valence-electron chi connectivity index (χ0n) is 16.2. The molecule has 1 N–H and O–H groups in total. The normalized spacial score (nSPS) is 20.4. The Morgan fingerprint density at radius 2 is 1.93 bits per heavy atom. The smallest absolute Gasteiger partial charge is 0.227 e. The van der Waals surface area contributed by atoms with Crippen molar-refractivity contribution in [3.05, 3.63) is 29.7 Å². The average molecular weight is 371 g/mol. The van der Waals surface area contributed by atoms with Crippen LogP contribution in [-0.2, 0) is 13.0 Å². The third-order valence-electron chi connectivity index (χ3n) is 5.66. The Balaban J connectivity index is 1.54. The van der Waals surface area contributed by atoms with Crippen molar-refractivity contribution in [2.24, 2.45) is 0 Å². The van der Waals surface area contributed by atoms with Crippen LogP contribution in [0.2, 0.25) is 0 Å². The van der Waals surface area contributed by atoms with Crippen molar-refractivity contribution in [2.75, 3.05) is 42.6 Å². The Morgan fingerprint density at radius 1 is 1.11 bits per heavy atom. The number of piperidine rings is 1. The number of aromatic nitrogens is 4. The molecule has 4 heterocycles. The molecule has 27 heavy (non-hydrogen) atoms. The number of hydrogen-bond acceptors (Lipinski definition) is 6. The highest BCUT2D eigenvalue weighted by Gasteiger charge is 2.25. The molecule has 7 nitrogen and oxygen atoms in total. The largest absolute Gasteiger partial charge is 0.394 e. The highest BCUT2D eigenvalue weighted by molar-refractivity contribution is 5.47. The molecule has 2 aromatic rings. The minimum atomic E-state index is 0.123. The summed E-state index contributed by atoms with van der Waals surface area (Å²) >= 11 is 0. The lowest BCUT2D eigenvalue weighted by Crippen LogP contribution is -2.35. The second-order valence-corrected chi connectivity index (χ2v) is 7.58. The van der Waals surface area contributed by atoms with Gasteiger partial charge >= 0.3 is 0 Å². The summed E-state index contributed by atoms with van der Waals surface area (Å²) in [5.74, 6) is 2.37. The van der Waals surface area contributed by atoms with E-state index in [1.165, 1.54) is 12.8 Å². The molecule has 0 aliphatic carbocycles. The lowest BCUT2D eigenvalue weighted by molar-refractivity contribution is 0.268. The van der Waals surface area contributed by atoms with E-state index in [1.807, 2.05) is 10.9 Å². The molecule has 0 unspecified atom stereocenters. The number of anilines is 2. The van der Waals surface area contributed by atoms with Crippen molar-refractivity contribution in [2.45, 2.75) is 51.5 Å². The summed E-state index contributed by atoms with van der Waals surface area (Å²) in [5, 5.41) is 13.8. The van der Waals surface area contributed by atoms with Gasteiger partial charge in [0.05, 0.1) is 18.8 Å². The summed E-state index contributed by atoms with van der Waals surface area (Å²) in [7, 11) is 0. The van der Waals surface area contributed by atoms with Crippen LogP contribution in [0, 0.1) is 0 Å². The van der Waals surface area contributed by atoms with Crippen LogP contribution in [0.3, 0.4) is 0 Å². The second-order valence-electron chi connectivity index (χ2n) is 7.58. The van der Waals surface area contributed by atoms with Crippen molar-refractivity contribution >= 4 is 11.8 Å². The molecule has 0 amide bonds. The van der Waals surface area contributed by atoms with Gasteiger partial charge in [0.1, 0.15) is 5.82 Å². The molecule has 0 spiro atoms. The monoisotopic (exact) mass is 370 g/mol. The van der Waals surface area contributed by atoms with Crippen molar-refractivity contribution in [3.8, 4) is 0 Å². The van der Waals surface area contributed by atoms with E-state index in [-0.39, 0.29) is 6.61 Å². The Hall–Kier alpha value is -2.15. The van der Waals surface area contributed by atoms with Gasteiger partial charge in [0, 0.05) is 50.1 Å². The van der Waals surface area contributed by atoms with E-state index in [0.29, 0.717) is 12.5 Å². The Labute approximate surface area is 161 Å². The molecule has 2 saturated heterocycles. The molecule has 146 valence electrons. The van der Waals surface area contributed by atoms with Crippen LogP contribution in [0.25, 0.3) is 0 Å². The first kappa shape index (κ1) is 18.2. The highest BCUT2D eigenvalue weighted by Crippen LogP contribution is 2.30. The maximum Gasteiger partial charge on any atom is 0.227 e. The van der Waals surface area contributed by atoms with Crippen LogP contribution in [0.4, 0.5) is 11.8 Å². The maximum absolute atomic E-state index is 9.11. The number of nitrogens with zero attached hydrogens (tertiary/aromatic N) is 6. The minimum absolute atomic E-state index is 0.123. The van der Waals surface area contributed by atoms with Gasteiger partial charge in [-0.3, -0.25) is 4.68 Å². The molecule has 1 atom stereocenters. The summed E-state index contributed by atoms with van der Waals surface area (Å²) in [6.07, 6.45) is 7.66. The fraction of sp³-hybridized carbons (Fsp3) is 0.650. The predicted octanol–water partition coefficient (Wildman–Crippen LogP) is 2.21. The van der Waals surface area contributed by atoms with Gasteiger partial charge < -0.3 is 14.9 Å². The second kappa shape index (κ2) is 8.25. The lowest BCUT2D eigenvalue weighted by atomic mass is 9.95. The first-order chi connectivity index (χ1) is 13.3. The first-order valence-corrected chi connectivity index (χ1v) is 10.3. The summed E-state index contributed by atoms with van der Waals surface area (Å²) in [5.41, 5.74) is 2.24. The fourth-order valence-corrected chi connectivity index (χ4v) is 4.12. The van der Waals surface area contributed by atoms with E-state index in [1.54, 1.807) is 0 Å². The zero-order chi connectivity index (χ0) is 18.6. The van der Waals surface area contributed by atoms with Crippen LogP contribution < -0.4 is 9.80 Å². The Kier molecular flexibility index (Phi) is 5.57. The van der Waals surface area contributed by atoms with Gasteiger partial charge in [-0.2, -0.15) is 10.1 Å². The third-order valence-corrected chi connectivity index (χ3v) is 5.66. The van der Waals surface area contributed by atoms with Gasteiger partial charge in [-0.15, -0.1) is 0 Å². The van der Waals surface area contributed by atoms with Crippen molar-refractivity contribution in [1.82, 2.24) is 19.7 Å². The van der Waals surface area contributed by atoms with Crippen LogP contribution in [0.15, 0.2) is 18.3 Å². The van der Waals surface area contributed by atoms with Gasteiger partial charge in [0.2, 0.25) is 5.95 Å². The molecule has 2 aliphatic heterocycles. The molecule has 7 heteroatoms. The zero-order valence-corrected chi connectivity index (χ0v) is 16.2. The first-order valence-electron chi connectivity index (χ1n) is 10.3. The Bertz CT molecular complexity index is 755. The van der Waals surface area contributed by atoms with E-state index in [0.717, 1.165) is 68.6 Å². The lowest BCUT2D eigenvalue weighted by Gasteiger charge is -2.33. The molecule has 2 fully saturated rings. The van der Waals surface area contributed by atoms with Crippen LogP contribution in [-0.4, -0.2) is 57.6 Å². The van der Waals surface area contributed by atoms with Gasteiger partial charge in [0.25, 0.3) is 0 Å². The summed E-state index contributed by atoms with van der Waals surface area (Å²) in [4.78, 5) is 14.4. The van der Waals surface area contributed by atoms with Crippen LogP contribution >= 0.6 is 0 Å². The topological polar surface area (TPSA) is 70.3 Å². The Morgan fingerprint density at radius 3 is 2.70 bits per heavy atom. The van der Waals surface area contributed by atoms with E-state index in [4.69, 9.17) is 15.1 Å². The molecule has 0 saturated carbocycles. The molecule has 2 aliphatic rings. The molecule has 4 rings (SSSR count). The van der Waals surface area contributed by atoms with E-state index in [2.05, 4.69) is 34.0 Å². The van der Waals surface area contributed by atoms with Crippen LogP contribution in [0.5, 0.6) is 0 Å². The summed E-state index contributed by atoms with van der Waals surface area (Å²) < 4.78 is 1.83. The van der Waals surface area contributed by atoms with Crippen molar-refractivity contribution in [1.29, 1.82) is 0 Å². The van der Waals surface area contributed by atoms with E-state index in [9.17, 15) is 0 Å². The van der Waals surface area contributed by atoms with Crippen molar-refractivity contribution < 1.29 is 5.11 Å². The highest BCUT2D eigenvalue weighted by atomic mass is 16.3. The quantitative estimate of drug-likeness (QED) is 0.841. The van der Waals surface area contributed by atoms with E-state index >= 15 is 0 Å². The van der Waals surface area contributed by atoms with Gasteiger partial charge in [-0.05, 0) is 38.2 Å². The van der Waals surface area contributed by atoms with Gasteiger partial charge in [-0.25, -0.2) is 4.98 Å². The molecular weight excluding hydrogens is 340 g/mol. The fourth-order valence-electron chi connectivity index (χ4n) is 4.12. The summed E-state index contributed by atoms with van der Waals surface area (Å²) in [6, 6.07) is 4.25. The molecule has 0 bridgehead atoms. The average Bonchev–Trinajstić information content (AvgIpc) is 3.40. The van der Waals surface area contributed by atoms with Gasteiger partial charge in [0.15, 0.2) is 0 Å². The summed E-state index contributed by atoms with van der Waals surface area (Å²) in [6.45, 7) is 6.95. The third kappa shape index (κ3) is 4.08. The SMILES string of the molecule is CCc1cc(N2CCC[C@@H](c3ccn(CCO)n3)C2)nc(N2CCCC2)n1. The standard InChI is InChI=1S/C20H30N6O/c1-2-17-14-19(22-20(21-17)24-8-3-4-9-24)25-10-5-6-16(15-25)18-7-11-26(23-18)12-13-27/h7,11,14,16,27H,2-6,8-10,12-13,15H2,1H3/t16-/m1/s1. The number of aliphatic hydroxyl groups excluding tert-OH is 1. The number of aliphatic hydroxyl groups is 1.